The molecule has 0 bridgehead atoms. The SMILES string of the molecule is CCC=CC1(C)C(=O)CCCC1=O. The van der Waals surface area contributed by atoms with E-state index in [0.29, 0.717) is 12.8 Å². The predicted molar refractivity (Wildman–Crippen MR) is 51.4 cm³/mol. The molecule has 0 atom stereocenters. The highest BCUT2D eigenvalue weighted by molar-refractivity contribution is 6.10. The van der Waals surface area contributed by atoms with Crippen molar-refractivity contribution in [3.63, 3.8) is 0 Å². The number of hydrogen-bond donors (Lipinski definition) is 0. The van der Waals surface area contributed by atoms with Crippen LogP contribution in [0.1, 0.15) is 39.5 Å². The van der Waals surface area contributed by atoms with E-state index >= 15 is 0 Å². The van der Waals surface area contributed by atoms with Crippen molar-refractivity contribution in [2.75, 3.05) is 0 Å². The Bertz CT molecular complexity index is 235. The Balaban J connectivity index is 2.88. The van der Waals surface area contributed by atoms with Crippen molar-refractivity contribution in [3.05, 3.63) is 12.2 Å². The zero-order valence-corrected chi connectivity index (χ0v) is 8.30. The van der Waals surface area contributed by atoms with E-state index in [4.69, 9.17) is 0 Å². The number of hydrogen-bond acceptors (Lipinski definition) is 2. The summed E-state index contributed by atoms with van der Waals surface area (Å²) in [5.74, 6) is 0.155. The first-order valence-electron chi connectivity index (χ1n) is 4.85. The third-order valence-electron chi connectivity index (χ3n) is 2.65. The number of rotatable bonds is 2. The third kappa shape index (κ3) is 1.87. The van der Waals surface area contributed by atoms with Gasteiger partial charge in [0.25, 0.3) is 0 Å². The summed E-state index contributed by atoms with van der Waals surface area (Å²) in [6.07, 6.45) is 6.38. The van der Waals surface area contributed by atoms with Gasteiger partial charge in [-0.2, -0.15) is 0 Å². The molecule has 13 heavy (non-hydrogen) atoms. The highest BCUT2D eigenvalue weighted by Gasteiger charge is 2.39. The second kappa shape index (κ2) is 3.86. The van der Waals surface area contributed by atoms with Crippen LogP contribution in [0.2, 0.25) is 0 Å². The first-order chi connectivity index (χ1) is 6.11. The molecule has 0 unspecified atom stereocenters. The van der Waals surface area contributed by atoms with Crippen LogP contribution in [0.5, 0.6) is 0 Å². The fourth-order valence-corrected chi connectivity index (χ4v) is 1.62. The first kappa shape index (κ1) is 10.2. The fraction of sp³-hybridized carbons (Fsp3) is 0.636. The van der Waals surface area contributed by atoms with Crippen LogP contribution in [-0.2, 0) is 9.59 Å². The van der Waals surface area contributed by atoms with E-state index in [2.05, 4.69) is 0 Å². The Morgan fingerprint density at radius 2 is 1.85 bits per heavy atom. The Kier molecular flexibility index (Phi) is 3.02. The maximum atomic E-state index is 11.6. The maximum Gasteiger partial charge on any atom is 0.149 e. The van der Waals surface area contributed by atoms with Gasteiger partial charge in [-0.1, -0.05) is 19.1 Å². The summed E-state index contributed by atoms with van der Waals surface area (Å²) in [5, 5.41) is 0. The van der Waals surface area contributed by atoms with Gasteiger partial charge in [0, 0.05) is 12.8 Å². The van der Waals surface area contributed by atoms with Crippen LogP contribution in [-0.4, -0.2) is 11.6 Å². The average Bonchev–Trinajstić information content (AvgIpc) is 2.11. The van der Waals surface area contributed by atoms with Gasteiger partial charge in [0.05, 0.1) is 0 Å². The molecule has 0 aromatic carbocycles. The number of ketones is 2. The van der Waals surface area contributed by atoms with E-state index in [0.717, 1.165) is 12.8 Å². The molecule has 1 aliphatic rings. The fourth-order valence-electron chi connectivity index (χ4n) is 1.62. The van der Waals surface area contributed by atoms with Gasteiger partial charge >= 0.3 is 0 Å². The Hall–Kier alpha value is -0.920. The highest BCUT2D eigenvalue weighted by Crippen LogP contribution is 2.30. The van der Waals surface area contributed by atoms with Crippen LogP contribution in [0, 0.1) is 5.41 Å². The highest BCUT2D eigenvalue weighted by atomic mass is 16.2. The van der Waals surface area contributed by atoms with Crippen LogP contribution in [0.3, 0.4) is 0 Å². The van der Waals surface area contributed by atoms with Crippen molar-refractivity contribution in [1.29, 1.82) is 0 Å². The molecule has 0 N–H and O–H groups in total. The van der Waals surface area contributed by atoms with Crippen molar-refractivity contribution in [2.45, 2.75) is 39.5 Å². The summed E-state index contributed by atoms with van der Waals surface area (Å²) in [4.78, 5) is 23.1. The molecular weight excluding hydrogens is 164 g/mol. The minimum absolute atomic E-state index is 0.0773. The monoisotopic (exact) mass is 180 g/mol. The molecule has 0 spiro atoms. The summed E-state index contributed by atoms with van der Waals surface area (Å²) in [6.45, 7) is 3.74. The normalized spacial score (nSPS) is 22.6. The Labute approximate surface area is 79.0 Å². The van der Waals surface area contributed by atoms with Crippen molar-refractivity contribution >= 4 is 11.6 Å². The number of carbonyl (C=O) groups excluding carboxylic acids is 2. The standard InChI is InChI=1S/C11H16O2/c1-3-4-8-11(2)9(12)6-5-7-10(11)13/h4,8H,3,5-7H2,1-2H3. The molecule has 0 aliphatic heterocycles. The summed E-state index contributed by atoms with van der Waals surface area (Å²) < 4.78 is 0. The molecule has 0 saturated heterocycles. The topological polar surface area (TPSA) is 34.1 Å². The molecule has 1 rings (SSSR count). The summed E-state index contributed by atoms with van der Waals surface area (Å²) in [5.41, 5.74) is -0.811. The van der Waals surface area contributed by atoms with E-state index < -0.39 is 5.41 Å². The average molecular weight is 180 g/mol. The van der Waals surface area contributed by atoms with E-state index in [-0.39, 0.29) is 11.6 Å². The van der Waals surface area contributed by atoms with Crippen molar-refractivity contribution in [2.24, 2.45) is 5.41 Å². The van der Waals surface area contributed by atoms with Crippen molar-refractivity contribution in [3.8, 4) is 0 Å². The molecule has 0 amide bonds. The molecular formula is C11H16O2. The minimum Gasteiger partial charge on any atom is -0.298 e. The zero-order valence-electron chi connectivity index (χ0n) is 8.30. The Morgan fingerprint density at radius 3 is 2.31 bits per heavy atom. The van der Waals surface area contributed by atoms with Gasteiger partial charge in [0.15, 0.2) is 0 Å². The van der Waals surface area contributed by atoms with Crippen LogP contribution in [0.4, 0.5) is 0 Å². The number of Topliss-reactive ketones (excluding diaryl/α,β-unsaturated/α-hetero) is 2. The molecule has 2 nitrogen and oxygen atoms in total. The van der Waals surface area contributed by atoms with Gasteiger partial charge in [-0.3, -0.25) is 9.59 Å². The van der Waals surface area contributed by atoms with Crippen LogP contribution in [0.15, 0.2) is 12.2 Å². The zero-order chi connectivity index (χ0) is 9.90. The lowest BCUT2D eigenvalue weighted by molar-refractivity contribution is -0.139. The van der Waals surface area contributed by atoms with Gasteiger partial charge in [-0.25, -0.2) is 0 Å². The molecule has 72 valence electrons. The van der Waals surface area contributed by atoms with E-state index in [1.807, 2.05) is 13.0 Å². The molecule has 0 aromatic rings. The van der Waals surface area contributed by atoms with E-state index in [1.165, 1.54) is 0 Å². The van der Waals surface area contributed by atoms with Crippen LogP contribution in [0.25, 0.3) is 0 Å². The summed E-state index contributed by atoms with van der Waals surface area (Å²) >= 11 is 0. The largest absolute Gasteiger partial charge is 0.298 e. The lowest BCUT2D eigenvalue weighted by Crippen LogP contribution is -2.38. The molecule has 2 heteroatoms. The third-order valence-corrected chi connectivity index (χ3v) is 2.65. The second-order valence-electron chi connectivity index (χ2n) is 3.71. The minimum atomic E-state index is -0.811. The van der Waals surface area contributed by atoms with Crippen molar-refractivity contribution in [1.82, 2.24) is 0 Å². The maximum absolute atomic E-state index is 11.6. The first-order valence-corrected chi connectivity index (χ1v) is 4.85. The number of carbonyl (C=O) groups is 2. The lowest BCUT2D eigenvalue weighted by atomic mass is 9.73. The number of allylic oxidation sites excluding steroid dienone is 2. The molecule has 1 aliphatic carbocycles. The smallest absolute Gasteiger partial charge is 0.149 e. The van der Waals surface area contributed by atoms with Crippen LogP contribution >= 0.6 is 0 Å². The van der Waals surface area contributed by atoms with Gasteiger partial charge < -0.3 is 0 Å². The summed E-state index contributed by atoms with van der Waals surface area (Å²) in [6, 6.07) is 0. The lowest BCUT2D eigenvalue weighted by Gasteiger charge is -2.27. The van der Waals surface area contributed by atoms with Gasteiger partial charge in [0.2, 0.25) is 0 Å². The molecule has 0 heterocycles. The van der Waals surface area contributed by atoms with E-state index in [9.17, 15) is 9.59 Å². The van der Waals surface area contributed by atoms with Gasteiger partial charge in [0.1, 0.15) is 17.0 Å². The second-order valence-corrected chi connectivity index (χ2v) is 3.71. The molecule has 1 saturated carbocycles. The van der Waals surface area contributed by atoms with Crippen molar-refractivity contribution < 1.29 is 9.59 Å². The van der Waals surface area contributed by atoms with Gasteiger partial charge in [-0.15, -0.1) is 0 Å². The van der Waals surface area contributed by atoms with Gasteiger partial charge in [-0.05, 0) is 19.8 Å². The summed E-state index contributed by atoms with van der Waals surface area (Å²) in [7, 11) is 0. The molecule has 0 radical (unpaired) electrons. The van der Waals surface area contributed by atoms with Crippen LogP contribution < -0.4 is 0 Å². The molecule has 0 aromatic heterocycles. The predicted octanol–water partition coefficient (Wildman–Crippen LogP) is 2.28. The molecule has 1 fully saturated rings. The van der Waals surface area contributed by atoms with E-state index in [1.54, 1.807) is 13.0 Å². The quantitative estimate of drug-likeness (QED) is 0.482. The Morgan fingerprint density at radius 1 is 1.31 bits per heavy atom.